The summed E-state index contributed by atoms with van der Waals surface area (Å²) >= 11 is 5.86. The topological polar surface area (TPSA) is 51.2 Å². The number of amides is 1. The van der Waals surface area contributed by atoms with Gasteiger partial charge in [0.1, 0.15) is 17.3 Å². The van der Waals surface area contributed by atoms with Crippen LogP contribution in [0.25, 0.3) is 10.9 Å². The van der Waals surface area contributed by atoms with E-state index in [0.29, 0.717) is 40.2 Å². The molecule has 0 fully saturated rings. The fourth-order valence-electron chi connectivity index (χ4n) is 2.77. The summed E-state index contributed by atoms with van der Waals surface area (Å²) in [5.74, 6) is -0.251. The summed E-state index contributed by atoms with van der Waals surface area (Å²) in [4.78, 5) is 16.8. The molecule has 0 aliphatic rings. The predicted molar refractivity (Wildman–Crippen MR) is 100 cm³/mol. The monoisotopic (exact) mass is 372 g/mol. The molecule has 3 rings (SSSR count). The van der Waals surface area contributed by atoms with Crippen LogP contribution in [-0.2, 0) is 6.42 Å². The first kappa shape index (κ1) is 18.1. The molecule has 0 atom stereocenters. The summed E-state index contributed by atoms with van der Waals surface area (Å²) < 4.78 is 19.0. The number of nitrogens with zero attached hydrogens (tertiary/aromatic N) is 1. The van der Waals surface area contributed by atoms with Crippen LogP contribution < -0.4 is 10.1 Å². The van der Waals surface area contributed by atoms with Gasteiger partial charge in [0.2, 0.25) is 0 Å². The number of fused-ring (bicyclic) bond motifs is 1. The van der Waals surface area contributed by atoms with E-state index in [4.69, 9.17) is 16.3 Å². The number of nitrogens with one attached hydrogen (secondary N) is 1. The number of carbonyl (C=O) groups is 1. The van der Waals surface area contributed by atoms with E-state index in [0.717, 1.165) is 5.56 Å². The Morgan fingerprint density at radius 2 is 1.96 bits per heavy atom. The summed E-state index contributed by atoms with van der Waals surface area (Å²) in [5, 5.41) is 4.07. The number of halogens is 2. The van der Waals surface area contributed by atoms with Crippen LogP contribution in [0.4, 0.5) is 4.39 Å². The van der Waals surface area contributed by atoms with E-state index in [1.165, 1.54) is 25.3 Å². The van der Waals surface area contributed by atoms with Crippen LogP contribution in [0.15, 0.2) is 42.5 Å². The minimum Gasteiger partial charge on any atom is -0.496 e. The first-order valence-corrected chi connectivity index (χ1v) is 8.53. The Morgan fingerprint density at radius 3 is 2.65 bits per heavy atom. The van der Waals surface area contributed by atoms with Gasteiger partial charge >= 0.3 is 0 Å². The minimum atomic E-state index is -0.365. The van der Waals surface area contributed by atoms with Crippen LogP contribution in [0, 0.1) is 12.7 Å². The number of hydrogen-bond acceptors (Lipinski definition) is 3. The van der Waals surface area contributed by atoms with E-state index in [2.05, 4.69) is 10.3 Å². The minimum absolute atomic E-state index is 0.236. The van der Waals surface area contributed by atoms with E-state index < -0.39 is 0 Å². The Morgan fingerprint density at radius 1 is 1.23 bits per heavy atom. The molecule has 134 valence electrons. The van der Waals surface area contributed by atoms with Gasteiger partial charge in [-0.1, -0.05) is 23.7 Å². The molecular weight excluding hydrogens is 355 g/mol. The third-order valence-corrected chi connectivity index (χ3v) is 4.35. The molecule has 2 aromatic carbocycles. The second kappa shape index (κ2) is 7.70. The van der Waals surface area contributed by atoms with Crippen LogP contribution in [0.5, 0.6) is 5.75 Å². The van der Waals surface area contributed by atoms with Gasteiger partial charge in [0, 0.05) is 23.0 Å². The highest BCUT2D eigenvalue weighted by Crippen LogP contribution is 2.28. The van der Waals surface area contributed by atoms with E-state index >= 15 is 0 Å². The highest BCUT2D eigenvalue weighted by atomic mass is 35.5. The first-order valence-electron chi connectivity index (χ1n) is 8.15. The molecule has 0 saturated carbocycles. The summed E-state index contributed by atoms with van der Waals surface area (Å²) in [6.45, 7) is 2.21. The largest absolute Gasteiger partial charge is 0.496 e. The third-order valence-electron chi connectivity index (χ3n) is 4.10. The Bertz CT molecular complexity index is 958. The molecule has 0 unspecified atom stereocenters. The maximum absolute atomic E-state index is 13.7. The second-order valence-corrected chi connectivity index (χ2v) is 6.40. The molecule has 26 heavy (non-hydrogen) atoms. The number of aryl methyl sites for hydroxylation is 1. The molecule has 1 amide bonds. The van der Waals surface area contributed by atoms with Crippen molar-refractivity contribution in [2.24, 2.45) is 0 Å². The molecule has 0 saturated heterocycles. The number of ether oxygens (including phenoxy) is 1. The Hall–Kier alpha value is -2.66. The predicted octanol–water partition coefficient (Wildman–Crippen LogP) is 4.32. The average molecular weight is 373 g/mol. The standard InChI is InChI=1S/C20H18ClFN2O2/c1-12-9-15(22)10-16-18(26-2)11-17(24-19(12)16)20(25)23-8-7-13-3-5-14(21)6-4-13/h3-6,9-11H,7-8H2,1-2H3,(H,23,25). The molecule has 3 aromatic rings. The van der Waals surface area contributed by atoms with Crippen molar-refractivity contribution in [3.8, 4) is 5.75 Å². The van der Waals surface area contributed by atoms with Gasteiger partial charge in [0.25, 0.3) is 5.91 Å². The summed E-state index contributed by atoms with van der Waals surface area (Å²) in [6, 6.07) is 11.7. The number of benzene rings is 2. The van der Waals surface area contributed by atoms with Crippen LogP contribution in [0.1, 0.15) is 21.6 Å². The summed E-state index contributed by atoms with van der Waals surface area (Å²) in [5.41, 5.74) is 2.51. The average Bonchev–Trinajstić information content (AvgIpc) is 2.62. The van der Waals surface area contributed by atoms with Crippen LogP contribution in [-0.4, -0.2) is 24.5 Å². The normalized spacial score (nSPS) is 10.8. The third kappa shape index (κ3) is 3.94. The van der Waals surface area contributed by atoms with E-state index in [-0.39, 0.29) is 17.4 Å². The zero-order chi connectivity index (χ0) is 18.7. The quantitative estimate of drug-likeness (QED) is 0.725. The second-order valence-electron chi connectivity index (χ2n) is 5.96. The molecule has 0 spiro atoms. The number of hydrogen-bond donors (Lipinski definition) is 1. The lowest BCUT2D eigenvalue weighted by Gasteiger charge is -2.11. The van der Waals surface area contributed by atoms with Crippen molar-refractivity contribution in [2.45, 2.75) is 13.3 Å². The highest BCUT2D eigenvalue weighted by molar-refractivity contribution is 6.30. The molecule has 1 heterocycles. The smallest absolute Gasteiger partial charge is 0.270 e. The molecule has 0 bridgehead atoms. The number of aromatic nitrogens is 1. The van der Waals surface area contributed by atoms with Gasteiger partial charge < -0.3 is 10.1 Å². The summed E-state index contributed by atoms with van der Waals surface area (Å²) in [6.07, 6.45) is 0.678. The molecule has 4 nitrogen and oxygen atoms in total. The van der Waals surface area contributed by atoms with Crippen molar-refractivity contribution < 1.29 is 13.9 Å². The molecule has 0 aliphatic heterocycles. The van der Waals surface area contributed by atoms with E-state index in [1.54, 1.807) is 6.92 Å². The lowest BCUT2D eigenvalue weighted by atomic mass is 10.1. The fraction of sp³-hybridized carbons (Fsp3) is 0.200. The fourth-order valence-corrected chi connectivity index (χ4v) is 2.90. The molecule has 1 N–H and O–H groups in total. The summed E-state index contributed by atoms with van der Waals surface area (Å²) in [7, 11) is 1.48. The van der Waals surface area contributed by atoms with Crippen molar-refractivity contribution in [1.29, 1.82) is 0 Å². The van der Waals surface area contributed by atoms with Gasteiger partial charge in [-0.2, -0.15) is 0 Å². The molecule has 0 aliphatic carbocycles. The lowest BCUT2D eigenvalue weighted by molar-refractivity contribution is 0.0949. The number of carbonyl (C=O) groups excluding carboxylic acids is 1. The van der Waals surface area contributed by atoms with Gasteiger partial charge in [0.05, 0.1) is 12.6 Å². The van der Waals surface area contributed by atoms with Gasteiger partial charge in [-0.05, 0) is 48.7 Å². The number of methoxy groups -OCH3 is 1. The molecule has 0 radical (unpaired) electrons. The van der Waals surface area contributed by atoms with Crippen LogP contribution in [0.3, 0.4) is 0 Å². The number of rotatable bonds is 5. The Balaban J connectivity index is 1.78. The highest BCUT2D eigenvalue weighted by Gasteiger charge is 2.14. The number of pyridine rings is 1. The van der Waals surface area contributed by atoms with Crippen LogP contribution >= 0.6 is 11.6 Å². The molecule has 1 aromatic heterocycles. The van der Waals surface area contributed by atoms with Gasteiger partial charge in [0.15, 0.2) is 0 Å². The van der Waals surface area contributed by atoms with Crippen molar-refractivity contribution in [3.05, 3.63) is 70.1 Å². The Labute approximate surface area is 156 Å². The van der Waals surface area contributed by atoms with Gasteiger partial charge in [-0.25, -0.2) is 9.37 Å². The zero-order valence-electron chi connectivity index (χ0n) is 14.5. The van der Waals surface area contributed by atoms with Crippen LogP contribution in [0.2, 0.25) is 5.02 Å². The SMILES string of the molecule is COc1cc(C(=O)NCCc2ccc(Cl)cc2)nc2c(C)cc(F)cc12. The van der Waals surface area contributed by atoms with Crippen molar-refractivity contribution >= 4 is 28.4 Å². The van der Waals surface area contributed by atoms with Crippen molar-refractivity contribution in [2.75, 3.05) is 13.7 Å². The first-order chi connectivity index (χ1) is 12.5. The van der Waals surface area contributed by atoms with E-state index in [9.17, 15) is 9.18 Å². The lowest BCUT2D eigenvalue weighted by Crippen LogP contribution is -2.26. The molecular formula is C20H18ClFN2O2. The zero-order valence-corrected chi connectivity index (χ0v) is 15.2. The maximum Gasteiger partial charge on any atom is 0.270 e. The maximum atomic E-state index is 13.7. The molecule has 6 heteroatoms. The van der Waals surface area contributed by atoms with Gasteiger partial charge in [-0.3, -0.25) is 4.79 Å². The Kier molecular flexibility index (Phi) is 5.38. The van der Waals surface area contributed by atoms with Crippen molar-refractivity contribution in [1.82, 2.24) is 10.3 Å². The van der Waals surface area contributed by atoms with Gasteiger partial charge in [-0.15, -0.1) is 0 Å². The van der Waals surface area contributed by atoms with E-state index in [1.807, 2.05) is 24.3 Å². The van der Waals surface area contributed by atoms with Crippen molar-refractivity contribution in [3.63, 3.8) is 0 Å².